The average Bonchev–Trinajstić information content (AvgIpc) is 2.70. The number of halogens is 1. The smallest absolute Gasteiger partial charge is 0.279 e. The molecule has 0 radical (unpaired) electrons. The summed E-state index contributed by atoms with van der Waals surface area (Å²) in [5.74, 6) is 0.551. The van der Waals surface area contributed by atoms with Gasteiger partial charge in [-0.05, 0) is 18.2 Å². The van der Waals surface area contributed by atoms with Crippen molar-refractivity contribution in [2.45, 2.75) is 0 Å². The zero-order chi connectivity index (χ0) is 19.9. The third-order valence-corrected chi connectivity index (χ3v) is 4.86. The average molecular weight is 404 g/mol. The van der Waals surface area contributed by atoms with E-state index in [2.05, 4.69) is 20.2 Å². The van der Waals surface area contributed by atoms with Crippen LogP contribution in [0.5, 0.6) is 0 Å². The Bertz CT molecular complexity index is 811. The number of nitrogens with zero attached hydrogens (tertiary/aromatic N) is 4. The zero-order valence-corrected chi connectivity index (χ0v) is 16.5. The SMILES string of the molecule is C[NH+](CC(=O)Nc1ccccc1Cl)CC(=O)N1CCN(c2ncccn2)CC1. The molecule has 0 saturated carbocycles. The highest BCUT2D eigenvalue weighted by atomic mass is 35.5. The van der Waals surface area contributed by atoms with Gasteiger partial charge in [0.05, 0.1) is 17.8 Å². The molecule has 2 amide bonds. The van der Waals surface area contributed by atoms with Crippen LogP contribution in [0.4, 0.5) is 11.6 Å². The molecule has 1 atom stereocenters. The van der Waals surface area contributed by atoms with E-state index in [4.69, 9.17) is 11.6 Å². The minimum absolute atomic E-state index is 0.0386. The number of nitrogens with one attached hydrogen (secondary N) is 2. The Morgan fingerprint density at radius 1 is 1.07 bits per heavy atom. The maximum Gasteiger partial charge on any atom is 0.279 e. The van der Waals surface area contributed by atoms with Crippen molar-refractivity contribution < 1.29 is 14.5 Å². The van der Waals surface area contributed by atoms with Gasteiger partial charge < -0.3 is 20.0 Å². The minimum atomic E-state index is -0.176. The number of para-hydroxylation sites is 1. The fourth-order valence-corrected chi connectivity index (χ4v) is 3.26. The maximum atomic E-state index is 12.5. The van der Waals surface area contributed by atoms with Gasteiger partial charge in [0.15, 0.2) is 13.1 Å². The lowest BCUT2D eigenvalue weighted by Gasteiger charge is -2.34. The summed E-state index contributed by atoms with van der Waals surface area (Å²) < 4.78 is 0. The number of hydrogen-bond acceptors (Lipinski definition) is 5. The minimum Gasteiger partial charge on any atom is -0.337 e. The quantitative estimate of drug-likeness (QED) is 0.705. The van der Waals surface area contributed by atoms with Crippen LogP contribution in [0.2, 0.25) is 5.02 Å². The largest absolute Gasteiger partial charge is 0.337 e. The van der Waals surface area contributed by atoms with Gasteiger partial charge in [-0.15, -0.1) is 0 Å². The van der Waals surface area contributed by atoms with E-state index < -0.39 is 0 Å². The number of rotatable bonds is 6. The molecule has 8 nitrogen and oxygen atoms in total. The molecule has 1 unspecified atom stereocenters. The van der Waals surface area contributed by atoms with E-state index in [1.807, 2.05) is 18.0 Å². The number of likely N-dealkylation sites (N-methyl/N-ethyl adjacent to an activating group) is 1. The molecule has 1 aliphatic rings. The summed E-state index contributed by atoms with van der Waals surface area (Å²) in [6.45, 7) is 3.09. The monoisotopic (exact) mass is 403 g/mol. The van der Waals surface area contributed by atoms with E-state index in [1.165, 1.54) is 0 Å². The van der Waals surface area contributed by atoms with E-state index in [0.29, 0.717) is 42.8 Å². The second kappa shape index (κ2) is 9.48. The Kier molecular flexibility index (Phi) is 6.78. The summed E-state index contributed by atoms with van der Waals surface area (Å²) in [7, 11) is 1.83. The molecule has 1 aromatic carbocycles. The lowest BCUT2D eigenvalue weighted by Crippen LogP contribution is -3.11. The number of piperazine rings is 1. The van der Waals surface area contributed by atoms with E-state index >= 15 is 0 Å². The fourth-order valence-electron chi connectivity index (χ4n) is 3.07. The number of carbonyl (C=O) groups is 2. The summed E-state index contributed by atoms with van der Waals surface area (Å²) in [6.07, 6.45) is 3.43. The molecule has 3 rings (SSSR count). The second-order valence-corrected chi connectivity index (χ2v) is 7.16. The Morgan fingerprint density at radius 2 is 1.75 bits per heavy atom. The van der Waals surface area contributed by atoms with Crippen LogP contribution in [0, 0.1) is 0 Å². The van der Waals surface area contributed by atoms with Crippen molar-refractivity contribution in [1.82, 2.24) is 14.9 Å². The first-order valence-corrected chi connectivity index (χ1v) is 9.56. The molecular formula is C19H24ClN6O2+. The molecule has 1 aliphatic heterocycles. The first-order valence-electron chi connectivity index (χ1n) is 9.18. The number of hydrogen-bond donors (Lipinski definition) is 2. The molecule has 2 aromatic rings. The molecule has 2 heterocycles. The number of benzene rings is 1. The van der Waals surface area contributed by atoms with Gasteiger partial charge in [-0.3, -0.25) is 9.59 Å². The Hall–Kier alpha value is -2.71. The normalized spacial score (nSPS) is 15.2. The second-order valence-electron chi connectivity index (χ2n) is 6.76. The van der Waals surface area contributed by atoms with Crippen molar-refractivity contribution >= 4 is 35.1 Å². The number of amides is 2. The lowest BCUT2D eigenvalue weighted by molar-refractivity contribution is -0.862. The topological polar surface area (TPSA) is 82.9 Å². The van der Waals surface area contributed by atoms with Gasteiger partial charge in [0.2, 0.25) is 5.95 Å². The van der Waals surface area contributed by atoms with Crippen LogP contribution in [0.15, 0.2) is 42.7 Å². The van der Waals surface area contributed by atoms with Crippen LogP contribution in [-0.4, -0.2) is 73.0 Å². The van der Waals surface area contributed by atoms with E-state index in [9.17, 15) is 9.59 Å². The van der Waals surface area contributed by atoms with E-state index in [-0.39, 0.29) is 24.9 Å². The standard InChI is InChI=1S/C19H23ClN6O2/c1-24(13-17(27)23-16-6-3-2-5-15(16)20)14-18(28)25-9-11-26(12-10-25)19-21-7-4-8-22-19/h2-8H,9-14H2,1H3,(H,23,27)/p+1. The fraction of sp³-hybridized carbons (Fsp3) is 0.368. The molecule has 148 valence electrons. The van der Waals surface area contributed by atoms with Crippen molar-refractivity contribution in [1.29, 1.82) is 0 Å². The van der Waals surface area contributed by atoms with Gasteiger partial charge in [0.1, 0.15) is 0 Å². The molecular weight excluding hydrogens is 380 g/mol. The van der Waals surface area contributed by atoms with Gasteiger partial charge in [0, 0.05) is 38.6 Å². The Labute approximate surface area is 169 Å². The van der Waals surface area contributed by atoms with Gasteiger partial charge in [-0.25, -0.2) is 9.97 Å². The van der Waals surface area contributed by atoms with Crippen molar-refractivity contribution in [3.63, 3.8) is 0 Å². The lowest BCUT2D eigenvalue weighted by atomic mass is 10.3. The maximum absolute atomic E-state index is 12.5. The highest BCUT2D eigenvalue weighted by Crippen LogP contribution is 2.19. The number of quaternary nitrogens is 1. The molecule has 1 saturated heterocycles. The molecule has 28 heavy (non-hydrogen) atoms. The predicted molar refractivity (Wildman–Crippen MR) is 108 cm³/mol. The molecule has 9 heteroatoms. The summed E-state index contributed by atoms with van der Waals surface area (Å²) in [6, 6.07) is 8.86. The molecule has 0 spiro atoms. The van der Waals surface area contributed by atoms with Crippen molar-refractivity contribution in [3.8, 4) is 0 Å². The van der Waals surface area contributed by atoms with E-state index in [0.717, 1.165) is 4.90 Å². The van der Waals surface area contributed by atoms with Crippen LogP contribution in [0.3, 0.4) is 0 Å². The molecule has 0 aliphatic carbocycles. The number of carbonyl (C=O) groups excluding carboxylic acids is 2. The Balaban J connectivity index is 1.43. The Morgan fingerprint density at radius 3 is 2.43 bits per heavy atom. The van der Waals surface area contributed by atoms with Crippen LogP contribution in [0.1, 0.15) is 0 Å². The zero-order valence-electron chi connectivity index (χ0n) is 15.8. The molecule has 1 fully saturated rings. The van der Waals surface area contributed by atoms with Crippen LogP contribution in [0.25, 0.3) is 0 Å². The summed E-state index contributed by atoms with van der Waals surface area (Å²) >= 11 is 6.05. The highest BCUT2D eigenvalue weighted by Gasteiger charge is 2.25. The predicted octanol–water partition coefficient (Wildman–Crippen LogP) is -0.0680. The summed E-state index contributed by atoms with van der Waals surface area (Å²) in [5.41, 5.74) is 0.576. The van der Waals surface area contributed by atoms with Crippen molar-refractivity contribution in [2.24, 2.45) is 0 Å². The molecule has 1 aromatic heterocycles. The highest BCUT2D eigenvalue weighted by molar-refractivity contribution is 6.33. The third kappa shape index (κ3) is 5.40. The molecule has 2 N–H and O–H groups in total. The van der Waals surface area contributed by atoms with Crippen LogP contribution < -0.4 is 15.1 Å². The van der Waals surface area contributed by atoms with Gasteiger partial charge >= 0.3 is 0 Å². The van der Waals surface area contributed by atoms with Crippen LogP contribution >= 0.6 is 11.6 Å². The summed E-state index contributed by atoms with van der Waals surface area (Å²) in [5, 5.41) is 3.27. The first kappa shape index (κ1) is 20.0. The molecule has 0 bridgehead atoms. The van der Waals surface area contributed by atoms with Crippen LogP contribution in [-0.2, 0) is 9.59 Å². The van der Waals surface area contributed by atoms with Crippen molar-refractivity contribution in [3.05, 3.63) is 47.7 Å². The van der Waals surface area contributed by atoms with E-state index in [1.54, 1.807) is 36.7 Å². The summed E-state index contributed by atoms with van der Waals surface area (Å²) in [4.78, 5) is 38.0. The van der Waals surface area contributed by atoms with Gasteiger partial charge in [-0.2, -0.15) is 0 Å². The number of aromatic nitrogens is 2. The first-order chi connectivity index (χ1) is 13.5. The van der Waals surface area contributed by atoms with Crippen molar-refractivity contribution in [2.75, 3.05) is 56.5 Å². The third-order valence-electron chi connectivity index (χ3n) is 4.53. The van der Waals surface area contributed by atoms with Gasteiger partial charge in [0.25, 0.3) is 11.8 Å². The number of anilines is 2. The van der Waals surface area contributed by atoms with Gasteiger partial charge in [-0.1, -0.05) is 23.7 Å².